The molecule has 108 valence electrons. The summed E-state index contributed by atoms with van der Waals surface area (Å²) in [6, 6.07) is 9.89. The van der Waals surface area contributed by atoms with E-state index in [1.165, 1.54) is 0 Å². The van der Waals surface area contributed by atoms with E-state index in [0.29, 0.717) is 5.95 Å². The van der Waals surface area contributed by atoms with Crippen molar-refractivity contribution in [2.75, 3.05) is 12.8 Å². The van der Waals surface area contributed by atoms with Crippen molar-refractivity contribution in [2.24, 2.45) is 0 Å². The summed E-state index contributed by atoms with van der Waals surface area (Å²) in [7, 11) is 1.64. The largest absolute Gasteiger partial charge is 0.495 e. The standard InChI is InChI=1S/C15H13Br2N3O/c1-8-4-3-5-11-14(8)19-15(18)20(11)12-7-13(21-2)10(17)6-9(12)16/h3-7H,1-2H3,(H2,18,19). The van der Waals surface area contributed by atoms with Crippen LogP contribution >= 0.6 is 31.9 Å². The molecule has 0 radical (unpaired) electrons. The Hall–Kier alpha value is -1.53. The van der Waals surface area contributed by atoms with Crippen LogP contribution in [0.3, 0.4) is 0 Å². The maximum absolute atomic E-state index is 6.13. The Balaban J connectivity index is 2.35. The second-order valence-electron chi connectivity index (χ2n) is 4.69. The summed E-state index contributed by atoms with van der Waals surface area (Å²) in [5, 5.41) is 0. The molecule has 1 heterocycles. The minimum Gasteiger partial charge on any atom is -0.495 e. The number of ether oxygens (including phenoxy) is 1. The highest BCUT2D eigenvalue weighted by Crippen LogP contribution is 2.36. The van der Waals surface area contributed by atoms with Gasteiger partial charge in [0.25, 0.3) is 0 Å². The summed E-state index contributed by atoms with van der Waals surface area (Å²) in [6.07, 6.45) is 0. The molecule has 3 aromatic rings. The van der Waals surface area contributed by atoms with Gasteiger partial charge in [-0.3, -0.25) is 4.57 Å². The number of nitrogen functional groups attached to an aromatic ring is 1. The number of benzene rings is 2. The van der Waals surface area contributed by atoms with E-state index < -0.39 is 0 Å². The van der Waals surface area contributed by atoms with E-state index in [2.05, 4.69) is 36.8 Å². The molecule has 0 fully saturated rings. The Kier molecular flexibility index (Phi) is 3.67. The monoisotopic (exact) mass is 409 g/mol. The Bertz CT molecular complexity index is 843. The van der Waals surface area contributed by atoms with Gasteiger partial charge < -0.3 is 10.5 Å². The van der Waals surface area contributed by atoms with Gasteiger partial charge in [-0.15, -0.1) is 0 Å². The fraction of sp³-hybridized carbons (Fsp3) is 0.133. The van der Waals surface area contributed by atoms with Gasteiger partial charge in [0.1, 0.15) is 5.75 Å². The molecule has 0 aliphatic carbocycles. The summed E-state index contributed by atoms with van der Waals surface area (Å²) in [5.41, 5.74) is 9.99. The first-order chi connectivity index (χ1) is 10.0. The van der Waals surface area contributed by atoms with Crippen LogP contribution in [0.4, 0.5) is 5.95 Å². The van der Waals surface area contributed by atoms with Crippen molar-refractivity contribution in [3.63, 3.8) is 0 Å². The van der Waals surface area contributed by atoms with Crippen molar-refractivity contribution < 1.29 is 4.74 Å². The fourth-order valence-electron chi connectivity index (χ4n) is 2.36. The van der Waals surface area contributed by atoms with Crippen molar-refractivity contribution in [1.29, 1.82) is 0 Å². The van der Waals surface area contributed by atoms with Crippen molar-refractivity contribution >= 4 is 48.8 Å². The van der Waals surface area contributed by atoms with Crippen LogP contribution in [0.15, 0.2) is 39.3 Å². The molecule has 3 rings (SSSR count). The van der Waals surface area contributed by atoms with Crippen LogP contribution in [0.25, 0.3) is 16.7 Å². The van der Waals surface area contributed by atoms with Crippen LogP contribution in [0.5, 0.6) is 5.75 Å². The number of rotatable bonds is 2. The normalized spacial score (nSPS) is 11.0. The highest BCUT2D eigenvalue weighted by Gasteiger charge is 2.15. The van der Waals surface area contributed by atoms with Crippen LogP contribution in [0, 0.1) is 6.92 Å². The van der Waals surface area contributed by atoms with E-state index in [1.807, 2.05) is 41.8 Å². The average molecular weight is 411 g/mol. The second-order valence-corrected chi connectivity index (χ2v) is 6.39. The van der Waals surface area contributed by atoms with Crippen molar-refractivity contribution in [1.82, 2.24) is 9.55 Å². The Morgan fingerprint density at radius 3 is 2.67 bits per heavy atom. The van der Waals surface area contributed by atoms with Gasteiger partial charge in [0, 0.05) is 10.5 Å². The first-order valence-corrected chi connectivity index (χ1v) is 7.88. The lowest BCUT2D eigenvalue weighted by Gasteiger charge is -2.12. The SMILES string of the molecule is COc1cc(-n2c(N)nc3c(C)cccc32)c(Br)cc1Br. The highest BCUT2D eigenvalue weighted by atomic mass is 79.9. The van der Waals surface area contributed by atoms with E-state index in [-0.39, 0.29) is 0 Å². The zero-order valence-electron chi connectivity index (χ0n) is 11.5. The number of hydrogen-bond acceptors (Lipinski definition) is 3. The fourth-order valence-corrected chi connectivity index (χ4v) is 3.69. The van der Waals surface area contributed by atoms with Gasteiger partial charge in [0.2, 0.25) is 5.95 Å². The minimum absolute atomic E-state index is 0.448. The number of para-hydroxylation sites is 1. The lowest BCUT2D eigenvalue weighted by atomic mass is 10.2. The quantitative estimate of drug-likeness (QED) is 0.678. The molecule has 6 heteroatoms. The van der Waals surface area contributed by atoms with Gasteiger partial charge in [-0.1, -0.05) is 12.1 Å². The Morgan fingerprint density at radius 1 is 1.19 bits per heavy atom. The topological polar surface area (TPSA) is 53.1 Å². The molecule has 0 saturated heterocycles. The summed E-state index contributed by atoms with van der Waals surface area (Å²) in [6.45, 7) is 2.02. The number of hydrogen-bond donors (Lipinski definition) is 1. The first-order valence-electron chi connectivity index (χ1n) is 6.30. The number of anilines is 1. The number of methoxy groups -OCH3 is 1. The summed E-state index contributed by atoms with van der Waals surface area (Å²) >= 11 is 7.05. The molecule has 2 N–H and O–H groups in total. The highest BCUT2D eigenvalue weighted by molar-refractivity contribution is 9.11. The number of imidazole rings is 1. The van der Waals surface area contributed by atoms with Crippen molar-refractivity contribution in [2.45, 2.75) is 6.92 Å². The molecule has 0 aliphatic heterocycles. The molecule has 0 spiro atoms. The van der Waals surface area contributed by atoms with E-state index in [9.17, 15) is 0 Å². The predicted octanol–water partition coefficient (Wildman–Crippen LogP) is 4.45. The molecular formula is C15H13Br2N3O. The third kappa shape index (κ3) is 2.32. The maximum Gasteiger partial charge on any atom is 0.205 e. The molecule has 0 saturated carbocycles. The van der Waals surface area contributed by atoms with Crippen LogP contribution < -0.4 is 10.5 Å². The number of halogens is 2. The molecule has 0 amide bonds. The van der Waals surface area contributed by atoms with Crippen LogP contribution in [-0.2, 0) is 0 Å². The lowest BCUT2D eigenvalue weighted by Crippen LogP contribution is -2.02. The van der Waals surface area contributed by atoms with Gasteiger partial charge in [-0.25, -0.2) is 4.98 Å². The number of aryl methyl sites for hydroxylation is 1. The minimum atomic E-state index is 0.448. The van der Waals surface area contributed by atoms with E-state index in [0.717, 1.165) is 37.0 Å². The third-order valence-corrected chi connectivity index (χ3v) is 4.63. The number of aromatic nitrogens is 2. The lowest BCUT2D eigenvalue weighted by molar-refractivity contribution is 0.412. The zero-order chi connectivity index (χ0) is 15.1. The predicted molar refractivity (Wildman–Crippen MR) is 92.2 cm³/mol. The van der Waals surface area contributed by atoms with E-state index in [1.54, 1.807) is 7.11 Å². The molecule has 1 aromatic heterocycles. The summed E-state index contributed by atoms with van der Waals surface area (Å²) < 4.78 is 9.07. The Labute approximate surface area is 139 Å². The van der Waals surface area contributed by atoms with Crippen molar-refractivity contribution in [3.8, 4) is 11.4 Å². The molecule has 0 aliphatic rings. The van der Waals surface area contributed by atoms with Crippen LogP contribution in [-0.4, -0.2) is 16.7 Å². The maximum atomic E-state index is 6.13. The second kappa shape index (κ2) is 5.35. The van der Waals surface area contributed by atoms with Gasteiger partial charge in [-0.2, -0.15) is 0 Å². The van der Waals surface area contributed by atoms with Gasteiger partial charge >= 0.3 is 0 Å². The zero-order valence-corrected chi connectivity index (χ0v) is 14.7. The first kappa shape index (κ1) is 14.4. The molecule has 0 bridgehead atoms. The van der Waals surface area contributed by atoms with Gasteiger partial charge in [0.15, 0.2) is 0 Å². The molecule has 21 heavy (non-hydrogen) atoms. The number of nitrogens with zero attached hydrogens (tertiary/aromatic N) is 2. The number of nitrogens with two attached hydrogens (primary N) is 1. The van der Waals surface area contributed by atoms with Crippen LogP contribution in [0.2, 0.25) is 0 Å². The average Bonchev–Trinajstić information content (AvgIpc) is 2.77. The number of fused-ring (bicyclic) bond motifs is 1. The van der Waals surface area contributed by atoms with Crippen molar-refractivity contribution in [3.05, 3.63) is 44.8 Å². The smallest absolute Gasteiger partial charge is 0.205 e. The molecule has 0 unspecified atom stereocenters. The van der Waals surface area contributed by atoms with E-state index in [4.69, 9.17) is 10.5 Å². The van der Waals surface area contributed by atoms with Gasteiger partial charge in [-0.05, 0) is 56.5 Å². The van der Waals surface area contributed by atoms with Gasteiger partial charge in [0.05, 0.1) is 28.3 Å². The van der Waals surface area contributed by atoms with Crippen LogP contribution in [0.1, 0.15) is 5.56 Å². The Morgan fingerprint density at radius 2 is 1.95 bits per heavy atom. The molecule has 2 aromatic carbocycles. The van der Waals surface area contributed by atoms with E-state index >= 15 is 0 Å². The summed E-state index contributed by atoms with van der Waals surface area (Å²) in [5.74, 6) is 1.19. The third-order valence-electron chi connectivity index (χ3n) is 3.37. The molecular weight excluding hydrogens is 398 g/mol. The molecule has 0 atom stereocenters. The molecule has 4 nitrogen and oxygen atoms in total. The summed E-state index contributed by atoms with van der Waals surface area (Å²) in [4.78, 5) is 4.48.